The highest BCUT2D eigenvalue weighted by Gasteiger charge is 2.13. The summed E-state index contributed by atoms with van der Waals surface area (Å²) < 4.78 is 5.70. The van der Waals surface area contributed by atoms with Crippen molar-refractivity contribution >= 4 is 40.0 Å². The van der Waals surface area contributed by atoms with Gasteiger partial charge in [-0.2, -0.15) is 0 Å². The number of nitrogen functional groups attached to an aromatic ring is 1. The molecule has 0 radical (unpaired) electrons. The molecule has 1 heterocycles. The van der Waals surface area contributed by atoms with Crippen molar-refractivity contribution in [2.75, 3.05) is 5.73 Å². The van der Waals surface area contributed by atoms with Crippen molar-refractivity contribution in [1.82, 2.24) is 4.98 Å². The van der Waals surface area contributed by atoms with Crippen molar-refractivity contribution < 1.29 is 4.42 Å². The Kier molecular flexibility index (Phi) is 2.88. The van der Waals surface area contributed by atoms with Gasteiger partial charge in [0.25, 0.3) is 0 Å². The second kappa shape index (κ2) is 4.44. The van der Waals surface area contributed by atoms with Gasteiger partial charge in [0.2, 0.25) is 5.89 Å². The summed E-state index contributed by atoms with van der Waals surface area (Å²) in [7, 11) is 0. The average Bonchev–Trinajstić information content (AvgIpc) is 2.72. The molecule has 19 heavy (non-hydrogen) atoms. The van der Waals surface area contributed by atoms with E-state index in [9.17, 15) is 0 Å². The Labute approximate surface area is 119 Å². The van der Waals surface area contributed by atoms with Crippen LogP contribution in [-0.4, -0.2) is 4.98 Å². The van der Waals surface area contributed by atoms with Gasteiger partial charge in [-0.1, -0.05) is 23.2 Å². The van der Waals surface area contributed by atoms with Gasteiger partial charge in [-0.05, 0) is 42.8 Å². The molecule has 96 valence electrons. The molecule has 3 nitrogen and oxygen atoms in total. The van der Waals surface area contributed by atoms with Crippen LogP contribution >= 0.6 is 23.2 Å². The minimum absolute atomic E-state index is 0.439. The minimum atomic E-state index is 0.439. The van der Waals surface area contributed by atoms with Crippen molar-refractivity contribution in [2.24, 2.45) is 0 Å². The number of benzene rings is 2. The predicted molar refractivity (Wildman–Crippen MR) is 78.6 cm³/mol. The molecule has 0 spiro atoms. The fourth-order valence-electron chi connectivity index (χ4n) is 1.98. The number of anilines is 1. The molecular formula is C14H10Cl2N2O. The summed E-state index contributed by atoms with van der Waals surface area (Å²) in [6.07, 6.45) is 0. The third-order valence-corrected chi connectivity index (χ3v) is 3.37. The first-order valence-electron chi connectivity index (χ1n) is 5.66. The molecule has 3 rings (SSSR count). The largest absolute Gasteiger partial charge is 0.434 e. The van der Waals surface area contributed by atoms with Crippen molar-refractivity contribution in [2.45, 2.75) is 6.92 Å². The van der Waals surface area contributed by atoms with Gasteiger partial charge in [0.15, 0.2) is 5.58 Å². The molecule has 0 aliphatic heterocycles. The number of nitrogens with zero attached hydrogens (tertiary/aromatic N) is 1. The third kappa shape index (κ3) is 2.15. The summed E-state index contributed by atoms with van der Waals surface area (Å²) in [4.78, 5) is 4.42. The highest BCUT2D eigenvalue weighted by atomic mass is 35.5. The van der Waals surface area contributed by atoms with Crippen LogP contribution in [0.2, 0.25) is 10.0 Å². The maximum atomic E-state index is 6.15. The molecule has 0 bridgehead atoms. The molecule has 0 saturated carbocycles. The second-order valence-electron chi connectivity index (χ2n) is 4.35. The van der Waals surface area contributed by atoms with Crippen molar-refractivity contribution in [1.29, 1.82) is 0 Å². The van der Waals surface area contributed by atoms with Crippen LogP contribution in [0.5, 0.6) is 0 Å². The van der Waals surface area contributed by atoms with Crippen LogP contribution in [0.25, 0.3) is 22.6 Å². The van der Waals surface area contributed by atoms with E-state index >= 15 is 0 Å². The Bertz CT molecular complexity index is 780. The zero-order valence-corrected chi connectivity index (χ0v) is 11.6. The first-order chi connectivity index (χ1) is 9.04. The lowest BCUT2D eigenvalue weighted by Gasteiger charge is -1.99. The van der Waals surface area contributed by atoms with Gasteiger partial charge in [-0.3, -0.25) is 0 Å². The van der Waals surface area contributed by atoms with Crippen molar-refractivity contribution in [3.05, 3.63) is 45.9 Å². The smallest absolute Gasteiger partial charge is 0.228 e. The van der Waals surface area contributed by atoms with Gasteiger partial charge < -0.3 is 10.2 Å². The lowest BCUT2D eigenvalue weighted by molar-refractivity contribution is 0.621. The van der Waals surface area contributed by atoms with Crippen molar-refractivity contribution in [3.63, 3.8) is 0 Å². The highest BCUT2D eigenvalue weighted by molar-refractivity contribution is 6.36. The van der Waals surface area contributed by atoms with Crippen molar-refractivity contribution in [3.8, 4) is 11.5 Å². The number of aryl methyl sites for hydroxylation is 1. The molecule has 2 N–H and O–H groups in total. The van der Waals surface area contributed by atoms with E-state index in [1.807, 2.05) is 19.1 Å². The lowest BCUT2D eigenvalue weighted by Crippen LogP contribution is -1.86. The van der Waals surface area contributed by atoms with Gasteiger partial charge in [0.05, 0.1) is 16.3 Å². The minimum Gasteiger partial charge on any atom is -0.434 e. The summed E-state index contributed by atoms with van der Waals surface area (Å²) in [6.45, 7) is 1.96. The van der Waals surface area contributed by atoms with E-state index in [4.69, 9.17) is 33.4 Å². The quantitative estimate of drug-likeness (QED) is 0.662. The fourth-order valence-corrected chi connectivity index (χ4v) is 2.47. The monoisotopic (exact) mass is 292 g/mol. The molecule has 0 atom stereocenters. The zero-order chi connectivity index (χ0) is 13.6. The molecular weight excluding hydrogens is 283 g/mol. The molecule has 0 unspecified atom stereocenters. The van der Waals surface area contributed by atoms with E-state index < -0.39 is 0 Å². The van der Waals surface area contributed by atoms with E-state index in [0.717, 1.165) is 11.1 Å². The Morgan fingerprint density at radius 1 is 1.16 bits per heavy atom. The molecule has 0 saturated heterocycles. The number of nitrogens with two attached hydrogens (primary N) is 1. The molecule has 0 fully saturated rings. The number of hydrogen-bond acceptors (Lipinski definition) is 3. The first kappa shape index (κ1) is 12.3. The Morgan fingerprint density at radius 3 is 2.68 bits per heavy atom. The normalized spacial score (nSPS) is 11.1. The Balaban J connectivity index is 2.23. The number of aromatic nitrogens is 1. The number of rotatable bonds is 1. The topological polar surface area (TPSA) is 52.0 Å². The summed E-state index contributed by atoms with van der Waals surface area (Å²) in [5.41, 5.74) is 9.52. The molecule has 3 aromatic rings. The maximum Gasteiger partial charge on any atom is 0.228 e. The SMILES string of the molecule is Cc1cc(N)c2oc(-c3ccc(Cl)cc3Cl)nc2c1. The summed E-state index contributed by atoms with van der Waals surface area (Å²) >= 11 is 12.0. The number of halogens is 2. The molecule has 0 aliphatic rings. The predicted octanol–water partition coefficient (Wildman–Crippen LogP) is 4.69. The molecule has 5 heteroatoms. The van der Waals surface area contributed by atoms with Crippen LogP contribution < -0.4 is 5.73 Å². The maximum absolute atomic E-state index is 6.15. The lowest BCUT2D eigenvalue weighted by atomic mass is 10.2. The number of oxazole rings is 1. The van der Waals surface area contributed by atoms with Crippen LogP contribution in [0.1, 0.15) is 5.56 Å². The van der Waals surface area contributed by atoms with Crippen LogP contribution in [0.4, 0.5) is 5.69 Å². The fraction of sp³-hybridized carbons (Fsp3) is 0.0714. The molecule has 0 amide bonds. The van der Waals surface area contributed by atoms with Gasteiger partial charge in [-0.25, -0.2) is 4.98 Å². The Hall–Kier alpha value is -1.71. The average molecular weight is 293 g/mol. The molecule has 0 aliphatic carbocycles. The standard InChI is InChI=1S/C14H10Cl2N2O/c1-7-4-11(17)13-12(5-7)18-14(19-13)9-3-2-8(15)6-10(9)16/h2-6H,17H2,1H3. The van der Waals surface area contributed by atoms with Gasteiger partial charge in [-0.15, -0.1) is 0 Å². The number of fused-ring (bicyclic) bond motifs is 1. The van der Waals surface area contributed by atoms with E-state index in [0.29, 0.717) is 32.8 Å². The van der Waals surface area contributed by atoms with Crippen LogP contribution in [-0.2, 0) is 0 Å². The highest BCUT2D eigenvalue weighted by Crippen LogP contribution is 2.33. The summed E-state index contributed by atoms with van der Waals surface area (Å²) in [5, 5.41) is 1.06. The van der Waals surface area contributed by atoms with Gasteiger partial charge in [0.1, 0.15) is 5.52 Å². The summed E-state index contributed by atoms with van der Waals surface area (Å²) in [5.74, 6) is 0.439. The first-order valence-corrected chi connectivity index (χ1v) is 6.42. The zero-order valence-electron chi connectivity index (χ0n) is 10.1. The van der Waals surface area contributed by atoms with E-state index in [1.165, 1.54) is 0 Å². The van der Waals surface area contributed by atoms with Gasteiger partial charge >= 0.3 is 0 Å². The molecule has 2 aromatic carbocycles. The third-order valence-electron chi connectivity index (χ3n) is 2.82. The Morgan fingerprint density at radius 2 is 1.95 bits per heavy atom. The van der Waals surface area contributed by atoms with Crippen LogP contribution in [0.15, 0.2) is 34.7 Å². The number of hydrogen-bond donors (Lipinski definition) is 1. The molecule has 1 aromatic heterocycles. The van der Waals surface area contributed by atoms with Crippen LogP contribution in [0, 0.1) is 6.92 Å². The second-order valence-corrected chi connectivity index (χ2v) is 5.19. The van der Waals surface area contributed by atoms with Crippen LogP contribution in [0.3, 0.4) is 0 Å². The van der Waals surface area contributed by atoms with E-state index in [1.54, 1.807) is 18.2 Å². The van der Waals surface area contributed by atoms with Gasteiger partial charge in [0, 0.05) is 5.02 Å². The summed E-state index contributed by atoms with van der Waals surface area (Å²) in [6, 6.07) is 8.94. The van der Waals surface area contributed by atoms with E-state index in [2.05, 4.69) is 4.98 Å². The van der Waals surface area contributed by atoms with E-state index in [-0.39, 0.29) is 0 Å².